The standard InChI is InChI=1S/C32H51F/c1-2-3-4-5-6-7-8-9-10-27-11-13-28(14-12-27)15-16-29-17-19-30(20-18-29)21-22-31-23-25-32(33)26-24-31/h19,23-29H,2-18,20-22H2,1H3. The van der Waals surface area contributed by atoms with Crippen LogP contribution >= 0.6 is 0 Å². The summed E-state index contributed by atoms with van der Waals surface area (Å²) in [6.45, 7) is 2.30. The molecule has 0 aromatic heterocycles. The molecular formula is C32H51F. The number of rotatable bonds is 15. The number of allylic oxidation sites excluding steroid dienone is 2. The first-order valence-corrected chi connectivity index (χ1v) is 14.6. The maximum Gasteiger partial charge on any atom is 0.123 e. The van der Waals surface area contributed by atoms with Crippen LogP contribution in [0.15, 0.2) is 35.9 Å². The van der Waals surface area contributed by atoms with Crippen molar-refractivity contribution in [2.45, 2.75) is 135 Å². The molecule has 0 heterocycles. The molecular weight excluding hydrogens is 403 g/mol. The minimum absolute atomic E-state index is 0.129. The maximum atomic E-state index is 13.1. The summed E-state index contributed by atoms with van der Waals surface area (Å²) in [5, 5.41) is 0. The van der Waals surface area contributed by atoms with Crippen molar-refractivity contribution < 1.29 is 4.39 Å². The lowest BCUT2D eigenvalue weighted by Gasteiger charge is -2.30. The quantitative estimate of drug-likeness (QED) is 0.182. The second-order valence-electron chi connectivity index (χ2n) is 11.4. The van der Waals surface area contributed by atoms with Crippen molar-refractivity contribution in [2.75, 3.05) is 0 Å². The highest BCUT2D eigenvalue weighted by Crippen LogP contribution is 2.37. The van der Waals surface area contributed by atoms with E-state index in [2.05, 4.69) is 13.0 Å². The van der Waals surface area contributed by atoms with Gasteiger partial charge in [-0.3, -0.25) is 0 Å². The van der Waals surface area contributed by atoms with E-state index in [0.29, 0.717) is 0 Å². The molecule has 1 atom stereocenters. The van der Waals surface area contributed by atoms with Gasteiger partial charge < -0.3 is 0 Å². The monoisotopic (exact) mass is 454 g/mol. The van der Waals surface area contributed by atoms with E-state index in [0.717, 1.165) is 30.6 Å². The van der Waals surface area contributed by atoms with Gasteiger partial charge in [0.1, 0.15) is 5.82 Å². The van der Waals surface area contributed by atoms with Crippen LogP contribution in [0.5, 0.6) is 0 Å². The second-order valence-corrected chi connectivity index (χ2v) is 11.4. The summed E-state index contributed by atoms with van der Waals surface area (Å²) < 4.78 is 13.1. The maximum absolute atomic E-state index is 13.1. The fraction of sp³-hybridized carbons (Fsp3) is 0.750. The van der Waals surface area contributed by atoms with Gasteiger partial charge in [0.25, 0.3) is 0 Å². The van der Waals surface area contributed by atoms with Gasteiger partial charge in [0.2, 0.25) is 0 Å². The number of hydrogen-bond donors (Lipinski definition) is 0. The zero-order chi connectivity index (χ0) is 23.1. The third-order valence-electron chi connectivity index (χ3n) is 8.68. The van der Waals surface area contributed by atoms with Crippen LogP contribution in [0.2, 0.25) is 0 Å². The summed E-state index contributed by atoms with van der Waals surface area (Å²) >= 11 is 0. The molecule has 0 spiro atoms. The zero-order valence-electron chi connectivity index (χ0n) is 21.6. The molecule has 1 aromatic rings. The smallest absolute Gasteiger partial charge is 0.123 e. The summed E-state index contributed by atoms with van der Waals surface area (Å²) in [5.74, 6) is 2.86. The summed E-state index contributed by atoms with van der Waals surface area (Å²) in [6.07, 6.45) is 30.8. The minimum atomic E-state index is -0.129. The van der Waals surface area contributed by atoms with E-state index in [1.165, 1.54) is 121 Å². The highest BCUT2D eigenvalue weighted by molar-refractivity contribution is 5.18. The Morgan fingerprint density at radius 3 is 1.91 bits per heavy atom. The van der Waals surface area contributed by atoms with Crippen molar-refractivity contribution in [3.05, 3.63) is 47.3 Å². The van der Waals surface area contributed by atoms with Gasteiger partial charge in [-0.2, -0.15) is 0 Å². The van der Waals surface area contributed by atoms with Crippen LogP contribution in [-0.4, -0.2) is 0 Å². The van der Waals surface area contributed by atoms with Crippen LogP contribution in [-0.2, 0) is 6.42 Å². The van der Waals surface area contributed by atoms with E-state index in [-0.39, 0.29) is 5.82 Å². The Labute approximate surface area is 204 Å². The Morgan fingerprint density at radius 2 is 1.27 bits per heavy atom. The lowest BCUT2D eigenvalue weighted by atomic mass is 9.76. The Hall–Kier alpha value is -1.11. The Bertz CT molecular complexity index is 650. The minimum Gasteiger partial charge on any atom is -0.207 e. The molecule has 0 saturated heterocycles. The van der Waals surface area contributed by atoms with Crippen LogP contribution < -0.4 is 0 Å². The number of benzene rings is 1. The largest absolute Gasteiger partial charge is 0.207 e. The number of halogens is 1. The predicted molar refractivity (Wildman–Crippen MR) is 142 cm³/mol. The molecule has 2 aliphatic carbocycles. The molecule has 0 bridgehead atoms. The third-order valence-corrected chi connectivity index (χ3v) is 8.68. The van der Waals surface area contributed by atoms with E-state index in [1.807, 2.05) is 12.1 Å². The van der Waals surface area contributed by atoms with E-state index in [9.17, 15) is 4.39 Å². The van der Waals surface area contributed by atoms with Crippen molar-refractivity contribution in [3.63, 3.8) is 0 Å². The van der Waals surface area contributed by atoms with Crippen LogP contribution in [0.25, 0.3) is 0 Å². The molecule has 3 rings (SSSR count). The van der Waals surface area contributed by atoms with Gasteiger partial charge in [0.05, 0.1) is 0 Å². The fourth-order valence-corrected chi connectivity index (χ4v) is 6.24. The molecule has 33 heavy (non-hydrogen) atoms. The molecule has 0 amide bonds. The van der Waals surface area contributed by atoms with E-state index in [1.54, 1.807) is 17.7 Å². The molecule has 2 aliphatic rings. The van der Waals surface area contributed by atoms with Gasteiger partial charge in [-0.15, -0.1) is 0 Å². The normalized spacial score (nSPS) is 23.5. The Kier molecular flexibility index (Phi) is 12.6. The average molecular weight is 455 g/mol. The first-order valence-electron chi connectivity index (χ1n) is 14.6. The highest BCUT2D eigenvalue weighted by Gasteiger charge is 2.22. The van der Waals surface area contributed by atoms with Crippen LogP contribution in [0.4, 0.5) is 4.39 Å². The van der Waals surface area contributed by atoms with Gasteiger partial charge in [0, 0.05) is 0 Å². The molecule has 0 N–H and O–H groups in total. The predicted octanol–water partition coefficient (Wildman–Crippen LogP) is 10.6. The summed E-state index contributed by atoms with van der Waals surface area (Å²) in [6, 6.07) is 7.05. The summed E-state index contributed by atoms with van der Waals surface area (Å²) in [5.41, 5.74) is 2.90. The molecule has 1 aromatic carbocycles. The lowest BCUT2D eigenvalue weighted by molar-refractivity contribution is 0.234. The number of hydrogen-bond acceptors (Lipinski definition) is 0. The van der Waals surface area contributed by atoms with E-state index >= 15 is 0 Å². The van der Waals surface area contributed by atoms with Crippen LogP contribution in [0.1, 0.15) is 134 Å². The number of unbranched alkanes of at least 4 members (excludes halogenated alkanes) is 7. The molecule has 1 unspecified atom stereocenters. The van der Waals surface area contributed by atoms with Crippen LogP contribution in [0, 0.1) is 23.6 Å². The van der Waals surface area contributed by atoms with E-state index < -0.39 is 0 Å². The molecule has 0 nitrogen and oxygen atoms in total. The molecule has 1 heteroatoms. The van der Waals surface area contributed by atoms with Gasteiger partial charge >= 0.3 is 0 Å². The Balaban J connectivity index is 1.19. The summed E-state index contributed by atoms with van der Waals surface area (Å²) in [4.78, 5) is 0. The fourth-order valence-electron chi connectivity index (χ4n) is 6.24. The average Bonchev–Trinajstić information content (AvgIpc) is 2.85. The van der Waals surface area contributed by atoms with Gasteiger partial charge in [0.15, 0.2) is 0 Å². The molecule has 0 radical (unpaired) electrons. The van der Waals surface area contributed by atoms with Gasteiger partial charge in [-0.1, -0.05) is 121 Å². The van der Waals surface area contributed by atoms with Crippen molar-refractivity contribution in [1.29, 1.82) is 0 Å². The van der Waals surface area contributed by atoms with Crippen molar-refractivity contribution in [2.24, 2.45) is 17.8 Å². The molecule has 0 aliphatic heterocycles. The van der Waals surface area contributed by atoms with Crippen molar-refractivity contribution >= 4 is 0 Å². The third kappa shape index (κ3) is 10.8. The van der Waals surface area contributed by atoms with Crippen molar-refractivity contribution in [1.82, 2.24) is 0 Å². The molecule has 1 fully saturated rings. The van der Waals surface area contributed by atoms with Crippen molar-refractivity contribution in [3.8, 4) is 0 Å². The number of aryl methyl sites for hydroxylation is 1. The lowest BCUT2D eigenvalue weighted by Crippen LogP contribution is -2.16. The van der Waals surface area contributed by atoms with Gasteiger partial charge in [-0.25, -0.2) is 4.39 Å². The van der Waals surface area contributed by atoms with E-state index in [4.69, 9.17) is 0 Å². The van der Waals surface area contributed by atoms with Crippen LogP contribution in [0.3, 0.4) is 0 Å². The highest BCUT2D eigenvalue weighted by atomic mass is 19.1. The second kappa shape index (κ2) is 15.7. The molecule has 186 valence electrons. The summed E-state index contributed by atoms with van der Waals surface area (Å²) in [7, 11) is 0. The first kappa shape index (κ1) is 26.5. The topological polar surface area (TPSA) is 0 Å². The van der Waals surface area contributed by atoms with Gasteiger partial charge in [-0.05, 0) is 74.0 Å². The first-order chi connectivity index (χ1) is 16.2. The zero-order valence-corrected chi connectivity index (χ0v) is 21.6. The Morgan fingerprint density at radius 1 is 0.667 bits per heavy atom. The molecule has 1 saturated carbocycles. The SMILES string of the molecule is CCCCCCCCCCC1CCC(CCC2CC=C(CCc3ccc(F)cc3)CC2)CC1.